The maximum absolute atomic E-state index is 4.27. The zero-order valence-corrected chi connectivity index (χ0v) is 11.2. The number of benzene rings is 2. The molecular formula is C15H16N2S. The van der Waals surface area contributed by atoms with Crippen molar-refractivity contribution < 1.29 is 0 Å². The lowest BCUT2D eigenvalue weighted by molar-refractivity contribution is 1.41. The minimum absolute atomic E-state index is 0.924. The molecule has 0 spiro atoms. The molecular weight excluding hydrogens is 240 g/mol. The van der Waals surface area contributed by atoms with Gasteiger partial charge in [-0.3, -0.25) is 4.99 Å². The molecule has 0 unspecified atom stereocenters. The molecule has 0 saturated heterocycles. The maximum Gasteiger partial charge on any atom is 0.161 e. The number of hydrogen-bond acceptors (Lipinski definition) is 2. The predicted molar refractivity (Wildman–Crippen MR) is 81.2 cm³/mol. The lowest BCUT2D eigenvalue weighted by Gasteiger charge is -2.08. The van der Waals surface area contributed by atoms with Crippen molar-refractivity contribution in [2.45, 2.75) is 5.75 Å². The van der Waals surface area contributed by atoms with Crippen LogP contribution in [-0.2, 0) is 5.75 Å². The number of para-hydroxylation sites is 1. The van der Waals surface area contributed by atoms with E-state index < -0.39 is 0 Å². The molecule has 1 N–H and O–H groups in total. The van der Waals surface area contributed by atoms with E-state index in [1.807, 2.05) is 43.4 Å². The van der Waals surface area contributed by atoms with Crippen molar-refractivity contribution in [3.05, 3.63) is 66.2 Å². The third-order valence-corrected chi connectivity index (χ3v) is 3.48. The van der Waals surface area contributed by atoms with Crippen molar-refractivity contribution in [1.29, 1.82) is 0 Å². The molecule has 0 aromatic heterocycles. The van der Waals surface area contributed by atoms with Gasteiger partial charge < -0.3 is 5.32 Å². The summed E-state index contributed by atoms with van der Waals surface area (Å²) in [6, 6.07) is 20.5. The number of hydrogen-bond donors (Lipinski definition) is 1. The Labute approximate surface area is 112 Å². The second-order valence-electron chi connectivity index (χ2n) is 3.79. The molecule has 0 aliphatic rings. The number of rotatable bonds is 3. The summed E-state index contributed by atoms with van der Waals surface area (Å²) in [5.74, 6) is 0.924. The van der Waals surface area contributed by atoms with Gasteiger partial charge in [-0.15, -0.1) is 0 Å². The Balaban J connectivity index is 1.91. The molecule has 0 bridgehead atoms. The van der Waals surface area contributed by atoms with Crippen LogP contribution >= 0.6 is 11.8 Å². The molecule has 0 saturated carbocycles. The molecule has 0 atom stereocenters. The summed E-state index contributed by atoms with van der Waals surface area (Å²) in [6.45, 7) is 0. The van der Waals surface area contributed by atoms with E-state index in [0.717, 1.165) is 16.6 Å². The summed E-state index contributed by atoms with van der Waals surface area (Å²) < 4.78 is 0. The minimum Gasteiger partial charge on any atom is -0.335 e. The van der Waals surface area contributed by atoms with E-state index in [2.05, 4.69) is 34.6 Å². The van der Waals surface area contributed by atoms with Gasteiger partial charge in [0, 0.05) is 18.5 Å². The first-order valence-electron chi connectivity index (χ1n) is 5.84. The molecule has 0 heterocycles. The number of thioether (sulfide) groups is 1. The van der Waals surface area contributed by atoms with Crippen LogP contribution in [0, 0.1) is 0 Å². The predicted octanol–water partition coefficient (Wildman–Crippen LogP) is 4.02. The van der Waals surface area contributed by atoms with Gasteiger partial charge in [0.15, 0.2) is 5.17 Å². The van der Waals surface area contributed by atoms with E-state index >= 15 is 0 Å². The summed E-state index contributed by atoms with van der Waals surface area (Å²) in [5, 5.41) is 4.25. The van der Waals surface area contributed by atoms with Crippen molar-refractivity contribution in [1.82, 2.24) is 0 Å². The van der Waals surface area contributed by atoms with Crippen molar-refractivity contribution in [2.75, 3.05) is 12.4 Å². The van der Waals surface area contributed by atoms with Gasteiger partial charge in [0.25, 0.3) is 0 Å². The molecule has 18 heavy (non-hydrogen) atoms. The summed E-state index contributed by atoms with van der Waals surface area (Å²) in [5.41, 5.74) is 2.37. The molecule has 2 nitrogen and oxygen atoms in total. The number of anilines is 1. The topological polar surface area (TPSA) is 24.4 Å². The third kappa shape index (κ3) is 3.93. The van der Waals surface area contributed by atoms with Crippen molar-refractivity contribution >= 4 is 22.6 Å². The number of amidine groups is 1. The van der Waals surface area contributed by atoms with E-state index in [-0.39, 0.29) is 0 Å². The zero-order chi connectivity index (χ0) is 12.6. The quantitative estimate of drug-likeness (QED) is 0.662. The second kappa shape index (κ2) is 6.87. The molecule has 3 heteroatoms. The normalized spacial score (nSPS) is 11.3. The summed E-state index contributed by atoms with van der Waals surface area (Å²) in [4.78, 5) is 4.27. The van der Waals surface area contributed by atoms with Gasteiger partial charge in [-0.05, 0) is 17.7 Å². The SMILES string of the molecule is CN=C(Nc1ccccc1)SCc1ccccc1. The lowest BCUT2D eigenvalue weighted by Crippen LogP contribution is -2.07. The van der Waals surface area contributed by atoms with Gasteiger partial charge in [-0.1, -0.05) is 60.3 Å². The highest BCUT2D eigenvalue weighted by molar-refractivity contribution is 8.13. The molecule has 0 fully saturated rings. The fraction of sp³-hybridized carbons (Fsp3) is 0.133. The summed E-state index contributed by atoms with van der Waals surface area (Å²) in [6.07, 6.45) is 0. The van der Waals surface area contributed by atoms with Gasteiger partial charge in [0.1, 0.15) is 0 Å². The van der Waals surface area contributed by atoms with Crippen molar-refractivity contribution in [3.8, 4) is 0 Å². The summed E-state index contributed by atoms with van der Waals surface area (Å²) in [7, 11) is 1.81. The average molecular weight is 256 g/mol. The first-order valence-corrected chi connectivity index (χ1v) is 6.82. The van der Waals surface area contributed by atoms with E-state index in [0.29, 0.717) is 0 Å². The van der Waals surface area contributed by atoms with Crippen LogP contribution in [0.5, 0.6) is 0 Å². The van der Waals surface area contributed by atoms with Gasteiger partial charge in [-0.25, -0.2) is 0 Å². The molecule has 2 rings (SSSR count). The van der Waals surface area contributed by atoms with Crippen LogP contribution in [0.1, 0.15) is 5.56 Å². The van der Waals surface area contributed by atoms with Gasteiger partial charge in [0.05, 0.1) is 0 Å². The van der Waals surface area contributed by atoms with Crippen LogP contribution in [0.15, 0.2) is 65.7 Å². The molecule has 92 valence electrons. The van der Waals surface area contributed by atoms with Gasteiger partial charge >= 0.3 is 0 Å². The lowest BCUT2D eigenvalue weighted by atomic mass is 10.2. The van der Waals surface area contributed by atoms with Crippen LogP contribution in [0.25, 0.3) is 0 Å². The Hall–Kier alpha value is -1.74. The van der Waals surface area contributed by atoms with E-state index in [4.69, 9.17) is 0 Å². The Morgan fingerprint density at radius 2 is 1.61 bits per heavy atom. The highest BCUT2D eigenvalue weighted by atomic mass is 32.2. The van der Waals surface area contributed by atoms with Crippen molar-refractivity contribution in [3.63, 3.8) is 0 Å². The zero-order valence-electron chi connectivity index (χ0n) is 10.3. The number of nitrogens with zero attached hydrogens (tertiary/aromatic N) is 1. The Kier molecular flexibility index (Phi) is 4.85. The maximum atomic E-state index is 4.27. The van der Waals surface area contributed by atoms with E-state index in [1.54, 1.807) is 11.8 Å². The highest BCUT2D eigenvalue weighted by Gasteiger charge is 2.00. The molecule has 0 aliphatic heterocycles. The van der Waals surface area contributed by atoms with Crippen LogP contribution in [0.2, 0.25) is 0 Å². The fourth-order valence-electron chi connectivity index (χ4n) is 1.53. The fourth-order valence-corrected chi connectivity index (χ4v) is 2.34. The molecule has 2 aromatic rings. The largest absolute Gasteiger partial charge is 0.335 e. The highest BCUT2D eigenvalue weighted by Crippen LogP contribution is 2.16. The Bertz CT molecular complexity index is 494. The van der Waals surface area contributed by atoms with E-state index in [9.17, 15) is 0 Å². The standard InChI is InChI=1S/C15H16N2S/c1-16-15(17-14-10-6-3-7-11-14)18-12-13-8-4-2-5-9-13/h2-11H,12H2,1H3,(H,16,17). The third-order valence-electron chi connectivity index (χ3n) is 2.45. The number of nitrogens with one attached hydrogen (secondary N) is 1. The second-order valence-corrected chi connectivity index (χ2v) is 4.76. The first-order chi connectivity index (χ1) is 8.88. The monoisotopic (exact) mass is 256 g/mol. The molecule has 0 aliphatic carbocycles. The molecule has 0 radical (unpaired) electrons. The van der Waals surface area contributed by atoms with Crippen LogP contribution in [-0.4, -0.2) is 12.2 Å². The molecule has 0 amide bonds. The van der Waals surface area contributed by atoms with Gasteiger partial charge in [-0.2, -0.15) is 0 Å². The minimum atomic E-state index is 0.924. The average Bonchev–Trinajstić information content (AvgIpc) is 2.45. The van der Waals surface area contributed by atoms with Crippen molar-refractivity contribution in [2.24, 2.45) is 4.99 Å². The van der Waals surface area contributed by atoms with Crippen LogP contribution in [0.3, 0.4) is 0 Å². The summed E-state index contributed by atoms with van der Waals surface area (Å²) >= 11 is 1.71. The van der Waals surface area contributed by atoms with Gasteiger partial charge in [0.2, 0.25) is 0 Å². The first kappa shape index (κ1) is 12.7. The van der Waals surface area contributed by atoms with Crippen LogP contribution < -0.4 is 5.32 Å². The number of aliphatic imine (C=N–C) groups is 1. The molecule has 2 aromatic carbocycles. The van der Waals surface area contributed by atoms with Crippen LogP contribution in [0.4, 0.5) is 5.69 Å². The smallest absolute Gasteiger partial charge is 0.161 e. The van der Waals surface area contributed by atoms with E-state index in [1.165, 1.54) is 5.56 Å². The Morgan fingerprint density at radius 3 is 2.22 bits per heavy atom. The Morgan fingerprint density at radius 1 is 1.00 bits per heavy atom.